The lowest BCUT2D eigenvalue weighted by Gasteiger charge is -2.10. The Balaban J connectivity index is 1.82. The first kappa shape index (κ1) is 18.4. The molecule has 6 heteroatoms. The van der Waals surface area contributed by atoms with Gasteiger partial charge >= 0.3 is 6.03 Å². The Labute approximate surface area is 146 Å². The van der Waals surface area contributed by atoms with E-state index in [0.717, 1.165) is 5.56 Å². The van der Waals surface area contributed by atoms with E-state index in [9.17, 15) is 14.0 Å². The molecule has 3 amide bonds. The quantitative estimate of drug-likeness (QED) is 0.751. The van der Waals surface area contributed by atoms with Crippen molar-refractivity contribution in [1.82, 2.24) is 10.6 Å². The summed E-state index contributed by atoms with van der Waals surface area (Å²) in [5, 5.41) is 8.21. The lowest BCUT2D eigenvalue weighted by Crippen LogP contribution is -2.28. The summed E-state index contributed by atoms with van der Waals surface area (Å²) < 4.78 is 12.8. The normalized spacial score (nSPS) is 10.4. The van der Waals surface area contributed by atoms with E-state index < -0.39 is 0 Å². The van der Waals surface area contributed by atoms with Crippen molar-refractivity contribution in [1.29, 1.82) is 0 Å². The van der Waals surface area contributed by atoms with Gasteiger partial charge in [0.15, 0.2) is 0 Å². The summed E-state index contributed by atoms with van der Waals surface area (Å²) in [5.74, 6) is -0.0681. The molecule has 0 unspecified atom stereocenters. The molecule has 5 nitrogen and oxygen atoms in total. The molecule has 0 aliphatic carbocycles. The van der Waals surface area contributed by atoms with Crippen LogP contribution in [0.15, 0.2) is 48.5 Å². The number of urea groups is 1. The van der Waals surface area contributed by atoms with E-state index in [1.54, 1.807) is 36.4 Å². The first-order chi connectivity index (χ1) is 11.9. The SMILES string of the molecule is CC(C)CNC(=O)c1ccc(NC(=O)NCc2ccc(F)cc2)cc1. The number of nitrogens with one attached hydrogen (secondary N) is 3. The lowest BCUT2D eigenvalue weighted by atomic mass is 10.1. The Bertz CT molecular complexity index is 712. The first-order valence-corrected chi connectivity index (χ1v) is 8.11. The zero-order valence-electron chi connectivity index (χ0n) is 14.3. The van der Waals surface area contributed by atoms with E-state index in [1.165, 1.54) is 12.1 Å². The fourth-order valence-electron chi connectivity index (χ4n) is 2.06. The first-order valence-electron chi connectivity index (χ1n) is 8.11. The third kappa shape index (κ3) is 6.25. The van der Waals surface area contributed by atoms with Gasteiger partial charge in [-0.1, -0.05) is 26.0 Å². The average molecular weight is 343 g/mol. The van der Waals surface area contributed by atoms with Crippen molar-refractivity contribution in [2.75, 3.05) is 11.9 Å². The maximum Gasteiger partial charge on any atom is 0.319 e. The van der Waals surface area contributed by atoms with Crippen molar-refractivity contribution in [3.8, 4) is 0 Å². The molecule has 0 fully saturated rings. The molecule has 2 rings (SSSR count). The number of halogens is 1. The highest BCUT2D eigenvalue weighted by atomic mass is 19.1. The summed E-state index contributed by atoms with van der Waals surface area (Å²) in [5.41, 5.74) is 1.92. The topological polar surface area (TPSA) is 70.2 Å². The van der Waals surface area contributed by atoms with E-state index >= 15 is 0 Å². The number of rotatable bonds is 6. The minimum atomic E-state index is -0.374. The van der Waals surface area contributed by atoms with E-state index in [2.05, 4.69) is 16.0 Å². The van der Waals surface area contributed by atoms with Crippen LogP contribution in [0.2, 0.25) is 0 Å². The van der Waals surface area contributed by atoms with E-state index in [-0.39, 0.29) is 17.8 Å². The largest absolute Gasteiger partial charge is 0.352 e. The molecular formula is C19H22FN3O2. The summed E-state index contributed by atoms with van der Waals surface area (Å²) in [6.07, 6.45) is 0. The Kier molecular flexibility index (Phi) is 6.51. The van der Waals surface area contributed by atoms with Gasteiger partial charge in [0.1, 0.15) is 5.82 Å². The van der Waals surface area contributed by atoms with Crippen LogP contribution in [-0.4, -0.2) is 18.5 Å². The van der Waals surface area contributed by atoms with Gasteiger partial charge in [0.25, 0.3) is 5.91 Å². The standard InChI is InChI=1S/C19H22FN3O2/c1-13(2)11-21-18(24)15-5-9-17(10-6-15)23-19(25)22-12-14-3-7-16(20)8-4-14/h3-10,13H,11-12H2,1-2H3,(H,21,24)(H2,22,23,25). The monoisotopic (exact) mass is 343 g/mol. The van der Waals surface area contributed by atoms with Crippen LogP contribution < -0.4 is 16.0 Å². The van der Waals surface area contributed by atoms with Crippen LogP contribution in [0, 0.1) is 11.7 Å². The molecule has 0 radical (unpaired) electrons. The van der Waals surface area contributed by atoms with Crippen molar-refractivity contribution in [3.63, 3.8) is 0 Å². The summed E-state index contributed by atoms with van der Waals surface area (Å²) in [7, 11) is 0. The van der Waals surface area contributed by atoms with Gasteiger partial charge in [-0.3, -0.25) is 4.79 Å². The fraction of sp³-hybridized carbons (Fsp3) is 0.263. The highest BCUT2D eigenvalue weighted by Crippen LogP contribution is 2.10. The predicted octanol–water partition coefficient (Wildman–Crippen LogP) is 3.53. The highest BCUT2D eigenvalue weighted by Gasteiger charge is 2.07. The summed E-state index contributed by atoms with van der Waals surface area (Å²) >= 11 is 0. The van der Waals surface area contributed by atoms with E-state index in [0.29, 0.717) is 30.3 Å². The summed E-state index contributed by atoms with van der Waals surface area (Å²) in [6, 6.07) is 12.2. The van der Waals surface area contributed by atoms with E-state index in [4.69, 9.17) is 0 Å². The molecule has 3 N–H and O–H groups in total. The number of carbonyl (C=O) groups excluding carboxylic acids is 2. The van der Waals surface area contributed by atoms with Crippen LogP contribution in [0.4, 0.5) is 14.9 Å². The number of benzene rings is 2. The van der Waals surface area contributed by atoms with Gasteiger partial charge in [-0.25, -0.2) is 9.18 Å². The summed E-state index contributed by atoms with van der Waals surface area (Å²) in [4.78, 5) is 23.8. The van der Waals surface area contributed by atoms with Crippen molar-refractivity contribution < 1.29 is 14.0 Å². The molecule has 0 saturated carbocycles. The van der Waals surface area contributed by atoms with Crippen LogP contribution in [0.25, 0.3) is 0 Å². The molecule has 0 aromatic heterocycles. The average Bonchev–Trinajstić information content (AvgIpc) is 2.60. The maximum atomic E-state index is 12.8. The van der Waals surface area contributed by atoms with Gasteiger partial charge in [0.05, 0.1) is 0 Å². The molecule has 0 heterocycles. The number of amides is 3. The molecule has 2 aromatic carbocycles. The Morgan fingerprint density at radius 3 is 2.20 bits per heavy atom. The molecule has 132 valence electrons. The third-order valence-corrected chi connectivity index (χ3v) is 3.44. The fourth-order valence-corrected chi connectivity index (χ4v) is 2.06. The minimum Gasteiger partial charge on any atom is -0.352 e. The van der Waals surface area contributed by atoms with Crippen molar-refractivity contribution >= 4 is 17.6 Å². The van der Waals surface area contributed by atoms with Crippen LogP contribution in [0.5, 0.6) is 0 Å². The zero-order valence-corrected chi connectivity index (χ0v) is 14.3. The van der Waals surface area contributed by atoms with Crippen molar-refractivity contribution in [2.45, 2.75) is 20.4 Å². The number of hydrogen-bond donors (Lipinski definition) is 3. The van der Waals surface area contributed by atoms with E-state index in [1.807, 2.05) is 13.8 Å². The minimum absolute atomic E-state index is 0.138. The van der Waals surface area contributed by atoms with Gasteiger partial charge < -0.3 is 16.0 Å². The maximum absolute atomic E-state index is 12.8. The van der Waals surface area contributed by atoms with Crippen molar-refractivity contribution in [3.05, 3.63) is 65.5 Å². The molecule has 0 aliphatic rings. The Morgan fingerprint density at radius 2 is 1.60 bits per heavy atom. The predicted molar refractivity (Wildman–Crippen MR) is 95.9 cm³/mol. The second-order valence-electron chi connectivity index (χ2n) is 6.12. The van der Waals surface area contributed by atoms with Crippen LogP contribution in [-0.2, 0) is 6.54 Å². The summed E-state index contributed by atoms with van der Waals surface area (Å²) in [6.45, 7) is 4.96. The van der Waals surface area contributed by atoms with Gasteiger partial charge in [0, 0.05) is 24.3 Å². The molecule has 25 heavy (non-hydrogen) atoms. The molecule has 0 aliphatic heterocycles. The zero-order chi connectivity index (χ0) is 18.2. The number of carbonyl (C=O) groups is 2. The van der Waals surface area contributed by atoms with Gasteiger partial charge in [-0.05, 0) is 47.9 Å². The molecule has 2 aromatic rings. The van der Waals surface area contributed by atoms with Gasteiger partial charge in [0.2, 0.25) is 0 Å². The Morgan fingerprint density at radius 1 is 0.960 bits per heavy atom. The van der Waals surface area contributed by atoms with Gasteiger partial charge in [-0.2, -0.15) is 0 Å². The second-order valence-corrected chi connectivity index (χ2v) is 6.12. The highest BCUT2D eigenvalue weighted by molar-refractivity contribution is 5.95. The smallest absolute Gasteiger partial charge is 0.319 e. The van der Waals surface area contributed by atoms with Crippen LogP contribution in [0.1, 0.15) is 29.8 Å². The van der Waals surface area contributed by atoms with Crippen LogP contribution >= 0.6 is 0 Å². The molecule has 0 spiro atoms. The molecular weight excluding hydrogens is 321 g/mol. The molecule has 0 bridgehead atoms. The number of hydrogen-bond acceptors (Lipinski definition) is 2. The molecule has 0 atom stereocenters. The molecule has 0 saturated heterocycles. The second kappa shape index (κ2) is 8.82. The Hall–Kier alpha value is -2.89. The number of anilines is 1. The third-order valence-electron chi connectivity index (χ3n) is 3.44. The van der Waals surface area contributed by atoms with Crippen LogP contribution in [0.3, 0.4) is 0 Å². The van der Waals surface area contributed by atoms with Gasteiger partial charge in [-0.15, -0.1) is 0 Å². The lowest BCUT2D eigenvalue weighted by molar-refractivity contribution is 0.0949. The van der Waals surface area contributed by atoms with Crippen molar-refractivity contribution in [2.24, 2.45) is 5.92 Å².